The van der Waals surface area contributed by atoms with Crippen LogP contribution >= 0.6 is 27.7 Å². The number of carbonyl (C=O) groups excluding carboxylic acids is 1. The minimum Gasteiger partial charge on any atom is -0.481 e. The van der Waals surface area contributed by atoms with E-state index in [1.54, 1.807) is 0 Å². The van der Waals surface area contributed by atoms with Gasteiger partial charge in [-0.1, -0.05) is 15.9 Å². The van der Waals surface area contributed by atoms with Crippen LogP contribution in [0.25, 0.3) is 0 Å². The molecule has 20 heavy (non-hydrogen) atoms. The van der Waals surface area contributed by atoms with Gasteiger partial charge >= 0.3 is 5.97 Å². The topological polar surface area (TPSA) is 66.4 Å². The second-order valence-electron chi connectivity index (χ2n) is 5.12. The zero-order chi connectivity index (χ0) is 14.6. The molecule has 0 bridgehead atoms. The Hall–Kier alpha value is -1.01. The van der Waals surface area contributed by atoms with E-state index in [9.17, 15) is 9.59 Å². The number of aliphatic carboxylic acids is 1. The lowest BCUT2D eigenvalue weighted by molar-refractivity contribution is -0.138. The van der Waals surface area contributed by atoms with E-state index >= 15 is 0 Å². The number of thioether (sulfide) groups is 1. The van der Waals surface area contributed by atoms with Crippen LogP contribution in [-0.2, 0) is 9.59 Å². The van der Waals surface area contributed by atoms with E-state index in [1.165, 1.54) is 11.8 Å². The molecule has 0 radical (unpaired) electrons. The molecule has 0 heterocycles. The fraction of sp³-hybridized carbons (Fsp3) is 0.429. The molecule has 108 valence electrons. The average molecular weight is 358 g/mol. The van der Waals surface area contributed by atoms with E-state index in [0.29, 0.717) is 5.75 Å². The number of hydrogen-bond acceptors (Lipinski definition) is 3. The Labute approximate surface area is 130 Å². The molecule has 1 saturated carbocycles. The smallest absolute Gasteiger partial charge is 0.303 e. The Morgan fingerprint density at radius 1 is 1.30 bits per heavy atom. The molecule has 1 amide bonds. The van der Waals surface area contributed by atoms with Crippen LogP contribution in [0.4, 0.5) is 5.69 Å². The number of anilines is 1. The first-order valence-corrected chi connectivity index (χ1v) is 8.29. The van der Waals surface area contributed by atoms with Crippen molar-refractivity contribution in [1.82, 2.24) is 0 Å². The molecule has 1 fully saturated rings. The summed E-state index contributed by atoms with van der Waals surface area (Å²) in [6.45, 7) is 0. The molecular weight excluding hydrogens is 342 g/mol. The van der Waals surface area contributed by atoms with Crippen LogP contribution in [0.1, 0.15) is 19.3 Å². The third-order valence-corrected chi connectivity index (χ3v) is 5.06. The van der Waals surface area contributed by atoms with Gasteiger partial charge in [0.05, 0.1) is 12.2 Å². The van der Waals surface area contributed by atoms with Crippen LogP contribution < -0.4 is 5.32 Å². The van der Waals surface area contributed by atoms with Crippen LogP contribution in [0.2, 0.25) is 0 Å². The SMILES string of the molecule is O=C(O)CC1(CSCC(=O)Nc2ccc(Br)cc2)CC1. The summed E-state index contributed by atoms with van der Waals surface area (Å²) in [5.41, 5.74) is 0.708. The van der Waals surface area contributed by atoms with Crippen molar-refractivity contribution in [2.75, 3.05) is 16.8 Å². The summed E-state index contributed by atoms with van der Waals surface area (Å²) >= 11 is 4.85. The molecule has 1 aromatic carbocycles. The highest BCUT2D eigenvalue weighted by Gasteiger charge is 2.44. The first-order valence-electron chi connectivity index (χ1n) is 6.34. The van der Waals surface area contributed by atoms with Crippen molar-refractivity contribution in [2.45, 2.75) is 19.3 Å². The van der Waals surface area contributed by atoms with Gasteiger partial charge in [0.25, 0.3) is 0 Å². The van der Waals surface area contributed by atoms with E-state index in [4.69, 9.17) is 5.11 Å². The van der Waals surface area contributed by atoms with Gasteiger partial charge in [-0.2, -0.15) is 11.8 Å². The molecule has 4 nitrogen and oxygen atoms in total. The van der Waals surface area contributed by atoms with Crippen LogP contribution in [0.3, 0.4) is 0 Å². The third-order valence-electron chi connectivity index (χ3n) is 3.25. The molecule has 0 atom stereocenters. The molecule has 2 N–H and O–H groups in total. The monoisotopic (exact) mass is 357 g/mol. The van der Waals surface area contributed by atoms with Gasteiger partial charge in [0.1, 0.15) is 0 Å². The summed E-state index contributed by atoms with van der Waals surface area (Å²) < 4.78 is 0.967. The second kappa shape index (κ2) is 6.63. The van der Waals surface area contributed by atoms with Crippen molar-refractivity contribution in [3.63, 3.8) is 0 Å². The highest BCUT2D eigenvalue weighted by molar-refractivity contribution is 9.10. The van der Waals surface area contributed by atoms with E-state index in [0.717, 1.165) is 28.8 Å². The van der Waals surface area contributed by atoms with Crippen molar-refractivity contribution < 1.29 is 14.7 Å². The van der Waals surface area contributed by atoms with Crippen molar-refractivity contribution in [2.24, 2.45) is 5.41 Å². The second-order valence-corrected chi connectivity index (χ2v) is 7.02. The maximum atomic E-state index is 11.8. The summed E-state index contributed by atoms with van der Waals surface area (Å²) in [6, 6.07) is 7.41. The van der Waals surface area contributed by atoms with Crippen LogP contribution in [0.15, 0.2) is 28.7 Å². The summed E-state index contributed by atoms with van der Waals surface area (Å²) in [5.74, 6) is 0.302. The van der Waals surface area contributed by atoms with Gasteiger partial charge in [0.2, 0.25) is 5.91 Å². The predicted molar refractivity (Wildman–Crippen MR) is 84.0 cm³/mol. The van der Waals surface area contributed by atoms with Gasteiger partial charge in [-0.05, 0) is 48.3 Å². The lowest BCUT2D eigenvalue weighted by atomic mass is 10.1. The maximum Gasteiger partial charge on any atom is 0.303 e. The van der Waals surface area contributed by atoms with Gasteiger partial charge in [0.15, 0.2) is 0 Å². The normalized spacial score (nSPS) is 15.7. The van der Waals surface area contributed by atoms with Gasteiger partial charge in [0, 0.05) is 10.2 Å². The molecule has 2 rings (SSSR count). The van der Waals surface area contributed by atoms with E-state index in [-0.39, 0.29) is 17.7 Å². The first-order chi connectivity index (χ1) is 9.49. The summed E-state index contributed by atoms with van der Waals surface area (Å²) in [5, 5.41) is 11.6. The van der Waals surface area contributed by atoms with E-state index in [1.807, 2.05) is 24.3 Å². The van der Waals surface area contributed by atoms with Crippen molar-refractivity contribution in [3.8, 4) is 0 Å². The third kappa shape index (κ3) is 4.83. The number of halogens is 1. The van der Waals surface area contributed by atoms with Crippen LogP contribution in [0.5, 0.6) is 0 Å². The van der Waals surface area contributed by atoms with Crippen molar-refractivity contribution in [3.05, 3.63) is 28.7 Å². The number of carboxylic acids is 1. The minimum absolute atomic E-state index is 0.0524. The van der Waals surface area contributed by atoms with Gasteiger partial charge in [-0.15, -0.1) is 0 Å². The molecule has 0 aliphatic heterocycles. The minimum atomic E-state index is -0.748. The zero-order valence-corrected chi connectivity index (χ0v) is 13.3. The zero-order valence-electron chi connectivity index (χ0n) is 10.9. The van der Waals surface area contributed by atoms with Gasteiger partial charge in [-0.3, -0.25) is 9.59 Å². The number of nitrogens with one attached hydrogen (secondary N) is 1. The number of rotatable bonds is 7. The highest BCUT2D eigenvalue weighted by Crippen LogP contribution is 2.50. The fourth-order valence-electron chi connectivity index (χ4n) is 1.96. The first kappa shape index (κ1) is 15.4. The molecule has 1 aromatic rings. The molecule has 0 aromatic heterocycles. The lowest BCUT2D eigenvalue weighted by Gasteiger charge is -2.11. The molecule has 1 aliphatic rings. The van der Waals surface area contributed by atoms with Crippen molar-refractivity contribution in [1.29, 1.82) is 0 Å². The molecule has 0 unspecified atom stereocenters. The number of hydrogen-bond donors (Lipinski definition) is 2. The molecular formula is C14H16BrNO3S. The largest absolute Gasteiger partial charge is 0.481 e. The van der Waals surface area contributed by atoms with Crippen LogP contribution in [0, 0.1) is 5.41 Å². The van der Waals surface area contributed by atoms with Gasteiger partial charge in [-0.25, -0.2) is 0 Å². The van der Waals surface area contributed by atoms with Crippen molar-refractivity contribution >= 4 is 45.3 Å². The van der Waals surface area contributed by atoms with Crippen LogP contribution in [-0.4, -0.2) is 28.5 Å². The summed E-state index contributed by atoms with van der Waals surface area (Å²) in [7, 11) is 0. The lowest BCUT2D eigenvalue weighted by Crippen LogP contribution is -2.17. The number of carbonyl (C=O) groups is 2. The summed E-state index contributed by atoms with van der Waals surface area (Å²) in [6.07, 6.45) is 2.13. The Bertz CT molecular complexity index is 500. The molecule has 0 spiro atoms. The highest BCUT2D eigenvalue weighted by atomic mass is 79.9. The molecule has 6 heteroatoms. The molecule has 1 aliphatic carbocycles. The number of carboxylic acid groups (broad SMARTS) is 1. The average Bonchev–Trinajstić information content (AvgIpc) is 3.11. The Morgan fingerprint density at radius 3 is 2.50 bits per heavy atom. The Balaban J connectivity index is 1.70. The van der Waals surface area contributed by atoms with E-state index in [2.05, 4.69) is 21.2 Å². The summed E-state index contributed by atoms with van der Waals surface area (Å²) in [4.78, 5) is 22.5. The standard InChI is InChI=1S/C14H16BrNO3S/c15-10-1-3-11(4-2-10)16-12(17)8-20-9-14(5-6-14)7-13(18)19/h1-4H,5-9H2,(H,16,17)(H,18,19). The number of amides is 1. The predicted octanol–water partition coefficient (Wildman–Crippen LogP) is 3.38. The van der Waals surface area contributed by atoms with E-state index < -0.39 is 5.97 Å². The quantitative estimate of drug-likeness (QED) is 0.784. The Morgan fingerprint density at radius 2 is 1.95 bits per heavy atom. The maximum absolute atomic E-state index is 11.8. The Kier molecular flexibility index (Phi) is 5.10. The number of benzene rings is 1. The van der Waals surface area contributed by atoms with Gasteiger partial charge < -0.3 is 10.4 Å². The fourth-order valence-corrected chi connectivity index (χ4v) is 3.41. The molecule has 0 saturated heterocycles.